The quantitative estimate of drug-likeness (QED) is 0.794. The molecule has 88 valence electrons. The third kappa shape index (κ3) is 1.64. The van der Waals surface area contributed by atoms with E-state index in [0.29, 0.717) is 5.95 Å². The van der Waals surface area contributed by atoms with Crippen LogP contribution in [0.15, 0.2) is 0 Å². The number of hydrogen-bond donors (Lipinski definition) is 2. The molecule has 1 fully saturated rings. The summed E-state index contributed by atoms with van der Waals surface area (Å²) < 4.78 is 1.84. The minimum absolute atomic E-state index is 0.00269. The minimum Gasteiger partial charge on any atom is -0.481 e. The van der Waals surface area contributed by atoms with Crippen molar-refractivity contribution >= 4 is 11.9 Å². The molecule has 0 bridgehead atoms. The second kappa shape index (κ2) is 4.11. The van der Waals surface area contributed by atoms with E-state index in [-0.39, 0.29) is 11.8 Å². The zero-order valence-corrected chi connectivity index (χ0v) is 9.47. The molecule has 6 nitrogen and oxygen atoms in total. The predicted octanol–water partition coefficient (Wildman–Crippen LogP) is 0.825. The first-order chi connectivity index (χ1) is 7.65. The van der Waals surface area contributed by atoms with Gasteiger partial charge in [-0.15, -0.1) is 10.2 Å². The number of aromatic nitrogens is 3. The lowest BCUT2D eigenvalue weighted by Gasteiger charge is -2.14. The Bertz CT molecular complexity index is 402. The molecule has 1 aromatic rings. The first kappa shape index (κ1) is 10.9. The van der Waals surface area contributed by atoms with E-state index in [0.717, 1.165) is 25.1 Å². The Morgan fingerprint density at radius 2 is 2.25 bits per heavy atom. The Labute approximate surface area is 93.7 Å². The van der Waals surface area contributed by atoms with Crippen LogP contribution in [0.4, 0.5) is 5.95 Å². The number of anilines is 1. The highest BCUT2D eigenvalue weighted by molar-refractivity contribution is 5.71. The number of carbonyl (C=O) groups is 1. The van der Waals surface area contributed by atoms with Crippen molar-refractivity contribution in [2.45, 2.75) is 25.2 Å². The smallest absolute Gasteiger partial charge is 0.307 e. The molecule has 16 heavy (non-hydrogen) atoms. The fourth-order valence-electron chi connectivity index (χ4n) is 2.45. The molecule has 0 aromatic carbocycles. The van der Waals surface area contributed by atoms with Crippen molar-refractivity contribution in [2.75, 3.05) is 12.4 Å². The molecule has 1 heterocycles. The Morgan fingerprint density at radius 3 is 2.81 bits per heavy atom. The van der Waals surface area contributed by atoms with Gasteiger partial charge in [-0.3, -0.25) is 4.79 Å². The van der Waals surface area contributed by atoms with E-state index in [1.54, 1.807) is 7.05 Å². The van der Waals surface area contributed by atoms with Gasteiger partial charge in [-0.05, 0) is 12.8 Å². The second-order valence-electron chi connectivity index (χ2n) is 4.17. The summed E-state index contributed by atoms with van der Waals surface area (Å²) in [5.74, 6) is 0.404. The molecule has 6 heteroatoms. The highest BCUT2D eigenvalue weighted by atomic mass is 16.4. The van der Waals surface area contributed by atoms with Crippen LogP contribution in [0.3, 0.4) is 0 Å². The van der Waals surface area contributed by atoms with Gasteiger partial charge in [-0.25, -0.2) is 0 Å². The molecule has 1 aliphatic carbocycles. The fourth-order valence-corrected chi connectivity index (χ4v) is 2.45. The summed E-state index contributed by atoms with van der Waals surface area (Å²) >= 11 is 0. The lowest BCUT2D eigenvalue weighted by atomic mass is 9.95. The molecule has 0 amide bonds. The number of hydrogen-bond acceptors (Lipinski definition) is 4. The third-order valence-corrected chi connectivity index (χ3v) is 3.30. The molecule has 0 saturated heterocycles. The molecule has 0 aliphatic heterocycles. The summed E-state index contributed by atoms with van der Waals surface area (Å²) in [5, 5.41) is 20.1. The van der Waals surface area contributed by atoms with Crippen LogP contribution in [0.1, 0.15) is 31.0 Å². The van der Waals surface area contributed by atoms with E-state index in [1.807, 2.05) is 11.6 Å². The number of carboxylic acids is 1. The Morgan fingerprint density at radius 1 is 1.50 bits per heavy atom. The standard InChI is InChI=1S/C10H16N4O2/c1-11-10-13-12-8(14(10)2)6-4-3-5-7(6)9(15)16/h6-7H,3-5H2,1-2H3,(H,11,13)(H,15,16). The summed E-state index contributed by atoms with van der Waals surface area (Å²) in [4.78, 5) is 11.1. The van der Waals surface area contributed by atoms with Crippen LogP contribution in [0, 0.1) is 5.92 Å². The zero-order chi connectivity index (χ0) is 11.7. The van der Waals surface area contributed by atoms with E-state index in [4.69, 9.17) is 5.11 Å². The molecule has 1 saturated carbocycles. The molecular formula is C10H16N4O2. The maximum absolute atomic E-state index is 11.1. The van der Waals surface area contributed by atoms with Crippen molar-refractivity contribution in [2.24, 2.45) is 13.0 Å². The molecule has 0 spiro atoms. The third-order valence-electron chi connectivity index (χ3n) is 3.30. The number of nitrogens with zero attached hydrogens (tertiary/aromatic N) is 3. The van der Waals surface area contributed by atoms with Gasteiger partial charge in [0.25, 0.3) is 0 Å². The summed E-state index contributed by atoms with van der Waals surface area (Å²) in [6, 6.07) is 0. The summed E-state index contributed by atoms with van der Waals surface area (Å²) in [5.41, 5.74) is 0. The molecule has 1 aromatic heterocycles. The molecule has 2 N–H and O–H groups in total. The average Bonchev–Trinajstić information content (AvgIpc) is 2.83. The largest absolute Gasteiger partial charge is 0.481 e. The van der Waals surface area contributed by atoms with Crippen molar-refractivity contribution < 1.29 is 9.90 Å². The maximum atomic E-state index is 11.1. The van der Waals surface area contributed by atoms with Gasteiger partial charge in [0.15, 0.2) is 0 Å². The van der Waals surface area contributed by atoms with Gasteiger partial charge >= 0.3 is 5.97 Å². The summed E-state index contributed by atoms with van der Waals surface area (Å²) in [6.07, 6.45) is 2.57. The van der Waals surface area contributed by atoms with Gasteiger partial charge in [-0.1, -0.05) is 6.42 Å². The molecule has 0 radical (unpaired) electrons. The Hall–Kier alpha value is -1.59. The van der Waals surface area contributed by atoms with Gasteiger partial charge in [0.1, 0.15) is 5.82 Å². The number of nitrogens with one attached hydrogen (secondary N) is 1. The van der Waals surface area contributed by atoms with E-state index in [1.165, 1.54) is 0 Å². The van der Waals surface area contributed by atoms with Gasteiger partial charge in [-0.2, -0.15) is 0 Å². The van der Waals surface area contributed by atoms with Crippen molar-refractivity contribution in [1.82, 2.24) is 14.8 Å². The van der Waals surface area contributed by atoms with Crippen LogP contribution in [-0.4, -0.2) is 32.9 Å². The summed E-state index contributed by atoms with van der Waals surface area (Å²) in [6.45, 7) is 0. The van der Waals surface area contributed by atoms with Crippen LogP contribution in [0.5, 0.6) is 0 Å². The monoisotopic (exact) mass is 224 g/mol. The molecule has 2 unspecified atom stereocenters. The number of carboxylic acid groups (broad SMARTS) is 1. The van der Waals surface area contributed by atoms with Crippen LogP contribution in [0.2, 0.25) is 0 Å². The molecule has 2 atom stereocenters. The predicted molar refractivity (Wildman–Crippen MR) is 58.3 cm³/mol. The minimum atomic E-state index is -0.725. The SMILES string of the molecule is CNc1nnc(C2CCCC2C(=O)O)n1C. The number of aliphatic carboxylic acids is 1. The summed E-state index contributed by atoms with van der Waals surface area (Å²) in [7, 11) is 3.63. The Balaban J connectivity index is 2.29. The van der Waals surface area contributed by atoms with Gasteiger partial charge in [0, 0.05) is 20.0 Å². The van der Waals surface area contributed by atoms with Gasteiger partial charge in [0.2, 0.25) is 5.95 Å². The molecule has 1 aliphatic rings. The van der Waals surface area contributed by atoms with Crippen LogP contribution < -0.4 is 5.32 Å². The van der Waals surface area contributed by atoms with Crippen molar-refractivity contribution in [3.05, 3.63) is 5.82 Å². The maximum Gasteiger partial charge on any atom is 0.307 e. The highest BCUT2D eigenvalue weighted by Crippen LogP contribution is 2.39. The van der Waals surface area contributed by atoms with E-state index in [9.17, 15) is 4.79 Å². The van der Waals surface area contributed by atoms with E-state index >= 15 is 0 Å². The van der Waals surface area contributed by atoms with Crippen molar-refractivity contribution in [3.63, 3.8) is 0 Å². The van der Waals surface area contributed by atoms with Crippen molar-refractivity contribution in [1.29, 1.82) is 0 Å². The highest BCUT2D eigenvalue weighted by Gasteiger charge is 2.37. The van der Waals surface area contributed by atoms with E-state index < -0.39 is 5.97 Å². The number of rotatable bonds is 3. The fraction of sp³-hybridized carbons (Fsp3) is 0.700. The van der Waals surface area contributed by atoms with Crippen LogP contribution >= 0.6 is 0 Å². The Kier molecular flexibility index (Phi) is 2.80. The van der Waals surface area contributed by atoms with Crippen molar-refractivity contribution in [3.8, 4) is 0 Å². The first-order valence-electron chi connectivity index (χ1n) is 5.45. The zero-order valence-electron chi connectivity index (χ0n) is 9.47. The van der Waals surface area contributed by atoms with Gasteiger partial charge in [0.05, 0.1) is 5.92 Å². The van der Waals surface area contributed by atoms with E-state index in [2.05, 4.69) is 15.5 Å². The lowest BCUT2D eigenvalue weighted by Crippen LogP contribution is -2.19. The lowest BCUT2D eigenvalue weighted by molar-refractivity contribution is -0.142. The second-order valence-corrected chi connectivity index (χ2v) is 4.17. The first-order valence-corrected chi connectivity index (χ1v) is 5.45. The van der Waals surface area contributed by atoms with Crippen LogP contribution in [-0.2, 0) is 11.8 Å². The molecule has 2 rings (SSSR count). The molecular weight excluding hydrogens is 208 g/mol. The van der Waals surface area contributed by atoms with Crippen LogP contribution in [0.25, 0.3) is 0 Å². The topological polar surface area (TPSA) is 80.0 Å². The average molecular weight is 224 g/mol. The van der Waals surface area contributed by atoms with Gasteiger partial charge < -0.3 is 15.0 Å². The normalized spacial score (nSPS) is 24.6.